The Hall–Kier alpha value is -2.66. The number of ether oxygens (including phenoxy) is 1. The van der Waals surface area contributed by atoms with Gasteiger partial charge in [0.1, 0.15) is 0 Å². The second-order valence-corrected chi connectivity index (χ2v) is 7.15. The third-order valence-electron chi connectivity index (χ3n) is 5.19. The molecule has 3 rings (SSSR count). The second kappa shape index (κ2) is 10.0. The first-order valence-electron chi connectivity index (χ1n) is 9.91. The normalized spacial score (nSPS) is 15.1. The van der Waals surface area contributed by atoms with Crippen LogP contribution < -0.4 is 0 Å². The van der Waals surface area contributed by atoms with Gasteiger partial charge in [0.25, 0.3) is 5.91 Å². The predicted octanol–water partition coefficient (Wildman–Crippen LogP) is 3.25. The van der Waals surface area contributed by atoms with Crippen LogP contribution in [0.3, 0.4) is 0 Å². The van der Waals surface area contributed by atoms with Gasteiger partial charge >= 0.3 is 5.97 Å². The number of methoxy groups -OCH3 is 1. The van der Waals surface area contributed by atoms with E-state index in [0.29, 0.717) is 17.7 Å². The molecule has 1 aliphatic rings. The molecule has 5 heteroatoms. The summed E-state index contributed by atoms with van der Waals surface area (Å²) in [6, 6.07) is 17.3. The van der Waals surface area contributed by atoms with E-state index in [1.54, 1.807) is 24.3 Å². The summed E-state index contributed by atoms with van der Waals surface area (Å²) < 4.78 is 4.75. The number of amides is 1. The molecule has 2 aromatic rings. The lowest BCUT2D eigenvalue weighted by molar-refractivity contribution is 0.0600. The Morgan fingerprint density at radius 3 is 2.50 bits per heavy atom. The lowest BCUT2D eigenvalue weighted by Gasteiger charge is -2.22. The molecule has 0 bridgehead atoms. The van der Waals surface area contributed by atoms with Crippen LogP contribution >= 0.6 is 0 Å². The number of aryl methyl sites for hydroxylation is 1. The Bertz CT molecular complexity index is 791. The van der Waals surface area contributed by atoms with Gasteiger partial charge in [-0.05, 0) is 56.1 Å². The zero-order chi connectivity index (χ0) is 19.8. The first kappa shape index (κ1) is 20.1. The third kappa shape index (κ3) is 5.42. The average Bonchev–Trinajstić information content (AvgIpc) is 2.99. The molecule has 0 atom stereocenters. The van der Waals surface area contributed by atoms with Gasteiger partial charge in [0.05, 0.1) is 12.7 Å². The molecule has 0 unspecified atom stereocenters. The van der Waals surface area contributed by atoms with Gasteiger partial charge in [-0.1, -0.05) is 36.4 Å². The quantitative estimate of drug-likeness (QED) is 0.722. The van der Waals surface area contributed by atoms with E-state index in [0.717, 1.165) is 45.4 Å². The first-order valence-corrected chi connectivity index (χ1v) is 9.91. The number of nitrogens with zero attached hydrogens (tertiary/aromatic N) is 2. The van der Waals surface area contributed by atoms with Gasteiger partial charge in [-0.15, -0.1) is 0 Å². The van der Waals surface area contributed by atoms with Crippen molar-refractivity contribution >= 4 is 11.9 Å². The Kier molecular flexibility index (Phi) is 7.20. The summed E-state index contributed by atoms with van der Waals surface area (Å²) in [6.07, 6.45) is 3.17. The molecule has 148 valence electrons. The molecule has 28 heavy (non-hydrogen) atoms. The standard InChI is InChI=1S/C23H28N2O3/c1-28-23(27)21-12-5-11-20(18-21)22(26)25-15-7-14-24(16-17-25)13-6-10-19-8-3-2-4-9-19/h2-5,8-9,11-12,18H,6-7,10,13-17H2,1H3. The maximum Gasteiger partial charge on any atom is 0.337 e. The highest BCUT2D eigenvalue weighted by molar-refractivity contribution is 5.97. The molecule has 1 amide bonds. The molecule has 1 saturated heterocycles. The van der Waals surface area contributed by atoms with Crippen LogP contribution in [0.5, 0.6) is 0 Å². The van der Waals surface area contributed by atoms with Crippen molar-refractivity contribution in [1.82, 2.24) is 9.80 Å². The number of benzene rings is 2. The highest BCUT2D eigenvalue weighted by Gasteiger charge is 2.21. The van der Waals surface area contributed by atoms with Gasteiger partial charge in [-0.25, -0.2) is 4.79 Å². The lowest BCUT2D eigenvalue weighted by atomic mass is 10.1. The topological polar surface area (TPSA) is 49.9 Å². The van der Waals surface area contributed by atoms with Gasteiger partial charge in [0, 0.05) is 25.2 Å². The summed E-state index contributed by atoms with van der Waals surface area (Å²) in [5, 5.41) is 0. The minimum atomic E-state index is -0.421. The van der Waals surface area contributed by atoms with Crippen molar-refractivity contribution < 1.29 is 14.3 Å². The maximum absolute atomic E-state index is 12.9. The number of carbonyl (C=O) groups is 2. The summed E-state index contributed by atoms with van der Waals surface area (Å²) in [4.78, 5) is 28.9. The van der Waals surface area contributed by atoms with Crippen molar-refractivity contribution in [3.63, 3.8) is 0 Å². The van der Waals surface area contributed by atoms with E-state index >= 15 is 0 Å². The van der Waals surface area contributed by atoms with Gasteiger partial charge in [-0.3, -0.25) is 4.79 Å². The van der Waals surface area contributed by atoms with Crippen LogP contribution in [-0.2, 0) is 11.2 Å². The zero-order valence-corrected chi connectivity index (χ0v) is 16.5. The summed E-state index contributed by atoms with van der Waals surface area (Å²) in [5.74, 6) is -0.438. The number of rotatable bonds is 6. The van der Waals surface area contributed by atoms with Gasteiger partial charge in [0.2, 0.25) is 0 Å². The number of carbonyl (C=O) groups excluding carboxylic acids is 2. The summed E-state index contributed by atoms with van der Waals surface area (Å²) >= 11 is 0. The van der Waals surface area contributed by atoms with Crippen LogP contribution in [0.25, 0.3) is 0 Å². The maximum atomic E-state index is 12.9. The van der Waals surface area contributed by atoms with Crippen molar-refractivity contribution in [2.45, 2.75) is 19.3 Å². The highest BCUT2D eigenvalue weighted by Crippen LogP contribution is 2.13. The third-order valence-corrected chi connectivity index (χ3v) is 5.19. The van der Waals surface area contributed by atoms with E-state index in [1.165, 1.54) is 12.7 Å². The molecule has 0 aromatic heterocycles. The Balaban J connectivity index is 1.51. The van der Waals surface area contributed by atoms with Gasteiger partial charge in [0.15, 0.2) is 0 Å². The molecule has 1 heterocycles. The smallest absolute Gasteiger partial charge is 0.337 e. The SMILES string of the molecule is COC(=O)c1cccc(C(=O)N2CCCN(CCCc3ccccc3)CC2)c1. The van der Waals surface area contributed by atoms with Crippen molar-refractivity contribution in [2.75, 3.05) is 39.8 Å². The van der Waals surface area contributed by atoms with Crippen molar-refractivity contribution in [3.8, 4) is 0 Å². The average molecular weight is 380 g/mol. The van der Waals surface area contributed by atoms with Gasteiger partial charge in [-0.2, -0.15) is 0 Å². The second-order valence-electron chi connectivity index (χ2n) is 7.15. The van der Waals surface area contributed by atoms with Crippen LogP contribution in [0.2, 0.25) is 0 Å². The molecule has 0 saturated carbocycles. The minimum absolute atomic E-state index is 0.0168. The van der Waals surface area contributed by atoms with Crippen molar-refractivity contribution in [3.05, 3.63) is 71.3 Å². The summed E-state index contributed by atoms with van der Waals surface area (Å²) in [7, 11) is 1.35. The molecule has 1 fully saturated rings. The van der Waals surface area contributed by atoms with E-state index in [2.05, 4.69) is 29.2 Å². The monoisotopic (exact) mass is 380 g/mol. The number of hydrogen-bond donors (Lipinski definition) is 0. The molecular formula is C23H28N2O3. The number of esters is 1. The van der Waals surface area contributed by atoms with E-state index in [-0.39, 0.29) is 5.91 Å². The van der Waals surface area contributed by atoms with Crippen molar-refractivity contribution in [2.24, 2.45) is 0 Å². The van der Waals surface area contributed by atoms with Crippen LogP contribution in [0, 0.1) is 0 Å². The fourth-order valence-corrected chi connectivity index (χ4v) is 3.63. The molecule has 0 spiro atoms. The van der Waals surface area contributed by atoms with E-state index in [1.807, 2.05) is 11.0 Å². The van der Waals surface area contributed by atoms with Crippen LogP contribution in [0.1, 0.15) is 39.1 Å². The fourth-order valence-electron chi connectivity index (χ4n) is 3.63. The van der Waals surface area contributed by atoms with Crippen LogP contribution in [0.15, 0.2) is 54.6 Å². The van der Waals surface area contributed by atoms with E-state index < -0.39 is 5.97 Å². The highest BCUT2D eigenvalue weighted by atomic mass is 16.5. The Labute approximate surface area is 166 Å². The predicted molar refractivity (Wildman–Crippen MR) is 110 cm³/mol. The van der Waals surface area contributed by atoms with Gasteiger partial charge < -0.3 is 14.5 Å². The van der Waals surface area contributed by atoms with E-state index in [9.17, 15) is 9.59 Å². The molecule has 1 aliphatic heterocycles. The summed E-state index contributed by atoms with van der Waals surface area (Å²) in [5.41, 5.74) is 2.32. The van der Waals surface area contributed by atoms with Crippen LogP contribution in [0.4, 0.5) is 0 Å². The molecule has 5 nitrogen and oxygen atoms in total. The molecule has 0 N–H and O–H groups in total. The Morgan fingerprint density at radius 2 is 1.71 bits per heavy atom. The van der Waals surface area contributed by atoms with Crippen molar-refractivity contribution in [1.29, 1.82) is 0 Å². The molecule has 0 radical (unpaired) electrons. The lowest BCUT2D eigenvalue weighted by Crippen LogP contribution is -2.35. The largest absolute Gasteiger partial charge is 0.465 e. The first-order chi connectivity index (χ1) is 13.7. The van der Waals surface area contributed by atoms with E-state index in [4.69, 9.17) is 4.74 Å². The Morgan fingerprint density at radius 1 is 0.929 bits per heavy atom. The molecule has 2 aromatic carbocycles. The fraction of sp³-hybridized carbons (Fsp3) is 0.391. The number of hydrogen-bond acceptors (Lipinski definition) is 4. The summed E-state index contributed by atoms with van der Waals surface area (Å²) in [6.45, 7) is 4.41. The molecular weight excluding hydrogens is 352 g/mol. The van der Waals surface area contributed by atoms with Crippen LogP contribution in [-0.4, -0.2) is 61.5 Å². The molecule has 0 aliphatic carbocycles. The zero-order valence-electron chi connectivity index (χ0n) is 16.5. The minimum Gasteiger partial charge on any atom is -0.465 e.